The van der Waals surface area contributed by atoms with Gasteiger partial charge in [-0.1, -0.05) is 24.3 Å². The van der Waals surface area contributed by atoms with Gasteiger partial charge in [-0.3, -0.25) is 0 Å². The van der Waals surface area contributed by atoms with E-state index in [1.165, 1.54) is 5.56 Å². The second-order valence-corrected chi connectivity index (χ2v) is 9.50. The predicted octanol–water partition coefficient (Wildman–Crippen LogP) is 5.38. The van der Waals surface area contributed by atoms with Crippen LogP contribution >= 0.6 is 0 Å². The number of halogens is 2. The molecule has 1 heterocycles. The van der Waals surface area contributed by atoms with E-state index < -0.39 is 16.8 Å². The molecule has 0 N–H and O–H groups in total. The molecule has 1 saturated heterocycles. The molecule has 0 amide bonds. The highest BCUT2D eigenvalue weighted by Gasteiger charge is 2.69. The second-order valence-electron chi connectivity index (χ2n) is 9.50. The zero-order chi connectivity index (χ0) is 20.1. The minimum Gasteiger partial charge on any atom is -0.353 e. The Balaban J connectivity index is 1.48. The van der Waals surface area contributed by atoms with Crippen LogP contribution in [0.15, 0.2) is 24.3 Å². The molecule has 3 nitrogen and oxygen atoms in total. The summed E-state index contributed by atoms with van der Waals surface area (Å²) in [5, 5.41) is 10.3. The first-order valence-corrected chi connectivity index (χ1v) is 11.1. The molecule has 1 aliphatic heterocycles. The lowest BCUT2D eigenvalue weighted by Crippen LogP contribution is -2.57. The average Bonchev–Trinajstić information content (AvgIpc) is 3.03. The van der Waals surface area contributed by atoms with Crippen LogP contribution in [0.4, 0.5) is 8.78 Å². The summed E-state index contributed by atoms with van der Waals surface area (Å²) in [6.45, 7) is 0.698. The van der Waals surface area contributed by atoms with E-state index in [1.807, 2.05) is 12.1 Å². The zero-order valence-electron chi connectivity index (χ0n) is 16.8. The third kappa shape index (κ3) is 2.79. The molecule has 29 heavy (non-hydrogen) atoms. The molecule has 3 aliphatic carbocycles. The van der Waals surface area contributed by atoms with Crippen molar-refractivity contribution in [3.63, 3.8) is 0 Å². The van der Waals surface area contributed by atoms with Crippen molar-refractivity contribution in [3.8, 4) is 6.07 Å². The first-order valence-electron chi connectivity index (χ1n) is 11.1. The summed E-state index contributed by atoms with van der Waals surface area (Å²) in [4.78, 5) is 0. The van der Waals surface area contributed by atoms with Gasteiger partial charge in [-0.2, -0.15) is 5.26 Å². The van der Waals surface area contributed by atoms with E-state index >= 15 is 8.78 Å². The monoisotopic (exact) mass is 401 g/mol. The maximum atomic E-state index is 15.4. The lowest BCUT2D eigenvalue weighted by atomic mass is 9.48. The Labute approximate surface area is 171 Å². The molecule has 156 valence electrons. The highest BCUT2D eigenvalue weighted by Crippen LogP contribution is 2.67. The maximum Gasteiger partial charge on any atom is 0.256 e. The van der Waals surface area contributed by atoms with Crippen LogP contribution in [-0.2, 0) is 21.3 Å². The van der Waals surface area contributed by atoms with Crippen molar-refractivity contribution in [1.29, 1.82) is 5.26 Å². The van der Waals surface area contributed by atoms with Gasteiger partial charge in [0.25, 0.3) is 5.92 Å². The van der Waals surface area contributed by atoms with E-state index in [-0.39, 0.29) is 31.2 Å². The van der Waals surface area contributed by atoms with Crippen molar-refractivity contribution in [1.82, 2.24) is 0 Å². The zero-order valence-corrected chi connectivity index (χ0v) is 16.8. The van der Waals surface area contributed by atoms with E-state index in [9.17, 15) is 5.26 Å². The smallest absolute Gasteiger partial charge is 0.256 e. The SMILES string of the molecule is N#C[C@]12CC[C@@]3(COC4CCCCO4)[C@@H](CCC3(F)F)[C@@H]1CCc1ccccc12. The molecule has 5 heteroatoms. The number of hydrogen-bond donors (Lipinski definition) is 0. The molecule has 1 aromatic rings. The van der Waals surface area contributed by atoms with Gasteiger partial charge in [0.2, 0.25) is 0 Å². The van der Waals surface area contributed by atoms with Gasteiger partial charge in [-0.25, -0.2) is 8.78 Å². The van der Waals surface area contributed by atoms with Crippen LogP contribution in [0.2, 0.25) is 0 Å². The number of rotatable bonds is 3. The Morgan fingerprint density at radius 2 is 1.93 bits per heavy atom. The van der Waals surface area contributed by atoms with Crippen LogP contribution < -0.4 is 0 Å². The molecule has 2 saturated carbocycles. The summed E-state index contributed by atoms with van der Waals surface area (Å²) in [7, 11) is 0. The highest BCUT2D eigenvalue weighted by atomic mass is 19.3. The third-order valence-electron chi connectivity index (χ3n) is 8.38. The maximum absolute atomic E-state index is 15.4. The summed E-state index contributed by atoms with van der Waals surface area (Å²) in [5.41, 5.74) is 0.504. The van der Waals surface area contributed by atoms with E-state index in [2.05, 4.69) is 18.2 Å². The number of ether oxygens (including phenoxy) is 2. The number of benzene rings is 1. The first-order chi connectivity index (χ1) is 14.0. The molecule has 1 unspecified atom stereocenters. The Bertz CT molecular complexity index is 815. The van der Waals surface area contributed by atoms with Crippen LogP contribution in [0.1, 0.15) is 62.5 Å². The molecule has 0 aromatic heterocycles. The van der Waals surface area contributed by atoms with Crippen LogP contribution in [0, 0.1) is 28.6 Å². The second kappa shape index (κ2) is 7.03. The lowest BCUT2D eigenvalue weighted by molar-refractivity contribution is -0.230. The van der Waals surface area contributed by atoms with Crippen molar-refractivity contribution >= 4 is 0 Å². The quantitative estimate of drug-likeness (QED) is 0.683. The van der Waals surface area contributed by atoms with E-state index in [1.54, 1.807) is 0 Å². The summed E-state index contributed by atoms with van der Waals surface area (Å²) in [5.74, 6) is -2.95. The van der Waals surface area contributed by atoms with E-state index in [4.69, 9.17) is 9.47 Å². The van der Waals surface area contributed by atoms with Gasteiger partial charge >= 0.3 is 0 Å². The van der Waals surface area contributed by atoms with Crippen molar-refractivity contribution in [2.24, 2.45) is 17.3 Å². The van der Waals surface area contributed by atoms with Crippen LogP contribution in [0.5, 0.6) is 0 Å². The number of hydrogen-bond acceptors (Lipinski definition) is 3. The minimum atomic E-state index is -2.75. The summed E-state index contributed by atoms with van der Waals surface area (Å²) < 4.78 is 42.4. The fourth-order valence-corrected chi connectivity index (χ4v) is 6.87. The number of aryl methyl sites for hydroxylation is 1. The van der Waals surface area contributed by atoms with E-state index in [0.29, 0.717) is 25.9 Å². The molecular formula is C24H29F2NO2. The topological polar surface area (TPSA) is 42.2 Å². The molecule has 0 spiro atoms. The Kier molecular flexibility index (Phi) is 4.71. The van der Waals surface area contributed by atoms with Crippen molar-refractivity contribution in [3.05, 3.63) is 35.4 Å². The Hall–Kier alpha value is -1.51. The van der Waals surface area contributed by atoms with Crippen molar-refractivity contribution in [2.75, 3.05) is 13.2 Å². The molecule has 3 fully saturated rings. The number of alkyl halides is 2. The minimum absolute atomic E-state index is 0.0274. The molecule has 4 aliphatic rings. The molecule has 1 aromatic carbocycles. The molecule has 5 rings (SSSR count). The molecular weight excluding hydrogens is 372 g/mol. The molecule has 0 bridgehead atoms. The van der Waals surface area contributed by atoms with Gasteiger partial charge in [0.1, 0.15) is 0 Å². The number of nitrogens with zero attached hydrogens (tertiary/aromatic N) is 1. The largest absolute Gasteiger partial charge is 0.353 e. The Morgan fingerprint density at radius 1 is 1.07 bits per heavy atom. The van der Waals surface area contributed by atoms with Gasteiger partial charge in [0, 0.05) is 13.0 Å². The Morgan fingerprint density at radius 3 is 2.72 bits per heavy atom. The number of nitriles is 1. The average molecular weight is 401 g/mol. The fourth-order valence-electron chi connectivity index (χ4n) is 6.87. The molecule has 0 radical (unpaired) electrons. The van der Waals surface area contributed by atoms with E-state index in [0.717, 1.165) is 37.7 Å². The van der Waals surface area contributed by atoms with Gasteiger partial charge in [0.15, 0.2) is 6.29 Å². The lowest BCUT2D eigenvalue weighted by Gasteiger charge is -2.55. The normalized spacial score (nSPS) is 40.4. The van der Waals surface area contributed by atoms with Crippen LogP contribution in [0.3, 0.4) is 0 Å². The van der Waals surface area contributed by atoms with Gasteiger partial charge in [0.05, 0.1) is 23.5 Å². The van der Waals surface area contributed by atoms with Gasteiger partial charge in [-0.05, 0) is 74.3 Å². The van der Waals surface area contributed by atoms with Crippen molar-refractivity contribution in [2.45, 2.75) is 75.4 Å². The standard InChI is InChI=1S/C24H29F2NO2/c25-24(26)11-10-20-19-9-8-17-5-1-2-6-18(17)22(19,15-27)12-13-23(20,24)16-29-21-7-3-4-14-28-21/h1-2,5-6,19-21H,3-4,7-14,16H2/t19-,20-,21?,22-,23+/m0/s1. The molecule has 5 atom stereocenters. The summed E-state index contributed by atoms with van der Waals surface area (Å²) in [6.07, 6.45) is 5.37. The predicted molar refractivity (Wildman–Crippen MR) is 104 cm³/mol. The van der Waals surface area contributed by atoms with Gasteiger partial charge in [-0.15, -0.1) is 0 Å². The van der Waals surface area contributed by atoms with Crippen LogP contribution in [0.25, 0.3) is 0 Å². The van der Waals surface area contributed by atoms with Gasteiger partial charge < -0.3 is 9.47 Å². The first kappa shape index (κ1) is 19.5. The summed E-state index contributed by atoms with van der Waals surface area (Å²) >= 11 is 0. The summed E-state index contributed by atoms with van der Waals surface area (Å²) in [6, 6.07) is 10.8. The third-order valence-corrected chi connectivity index (χ3v) is 8.38. The highest BCUT2D eigenvalue weighted by molar-refractivity contribution is 5.44. The number of fused-ring (bicyclic) bond motifs is 5. The van der Waals surface area contributed by atoms with Crippen molar-refractivity contribution < 1.29 is 18.3 Å². The van der Waals surface area contributed by atoms with Crippen LogP contribution in [-0.4, -0.2) is 25.4 Å². The fraction of sp³-hybridized carbons (Fsp3) is 0.708.